The minimum absolute atomic E-state index is 0.0657. The van der Waals surface area contributed by atoms with Crippen molar-refractivity contribution in [1.82, 2.24) is 4.31 Å². The number of ketones is 1. The van der Waals surface area contributed by atoms with E-state index >= 15 is 0 Å². The number of sulfonamides is 1. The van der Waals surface area contributed by atoms with E-state index in [9.17, 15) is 18.0 Å². The van der Waals surface area contributed by atoms with Gasteiger partial charge in [0.1, 0.15) is 5.75 Å². The molecule has 3 rings (SSSR count). The minimum Gasteiger partial charge on any atom is -0.496 e. The van der Waals surface area contributed by atoms with Gasteiger partial charge in [0.05, 0.1) is 29.1 Å². The average molecular weight is 451 g/mol. The molecule has 1 N–H and O–H groups in total. The molecular weight excluding hydrogens is 428 g/mol. The summed E-state index contributed by atoms with van der Waals surface area (Å²) >= 11 is 6.19. The standard InChI is InChI=1S/C21H23ClN2O5S/c1-14(25)15-5-8-20(29-2)16(11-15)12-21(26)23-19-13-17(6-7-18(19)22)30(27,28)24-9-3-4-10-24/h5-8,11,13H,3-4,9-10,12H2,1-2H3,(H,23,26). The average Bonchev–Trinajstić information content (AvgIpc) is 3.25. The first-order valence-electron chi connectivity index (χ1n) is 9.50. The number of carbonyl (C=O) groups is 2. The number of rotatable bonds is 7. The summed E-state index contributed by atoms with van der Waals surface area (Å²) in [6.07, 6.45) is 1.60. The van der Waals surface area contributed by atoms with Crippen molar-refractivity contribution in [2.45, 2.75) is 31.1 Å². The molecular formula is C21H23ClN2O5S. The maximum absolute atomic E-state index is 12.8. The van der Waals surface area contributed by atoms with E-state index in [2.05, 4.69) is 5.32 Å². The summed E-state index contributed by atoms with van der Waals surface area (Å²) in [5, 5.41) is 2.90. The Balaban J connectivity index is 1.82. The van der Waals surface area contributed by atoms with Gasteiger partial charge in [0, 0.05) is 24.2 Å². The van der Waals surface area contributed by atoms with Gasteiger partial charge < -0.3 is 10.1 Å². The number of nitrogens with zero attached hydrogens (tertiary/aromatic N) is 1. The number of nitrogens with one attached hydrogen (secondary N) is 1. The normalized spacial score (nSPS) is 14.5. The van der Waals surface area contributed by atoms with Crippen molar-refractivity contribution in [2.24, 2.45) is 0 Å². The van der Waals surface area contributed by atoms with Gasteiger partial charge in [0.15, 0.2) is 5.78 Å². The number of Topliss-reactive ketones (excluding diaryl/α,β-unsaturated/α-hetero) is 1. The van der Waals surface area contributed by atoms with Crippen LogP contribution in [-0.4, -0.2) is 44.6 Å². The monoisotopic (exact) mass is 450 g/mol. The maximum Gasteiger partial charge on any atom is 0.243 e. The summed E-state index contributed by atoms with van der Waals surface area (Å²) in [5.74, 6) is -0.0552. The molecule has 1 fully saturated rings. The molecule has 2 aromatic carbocycles. The van der Waals surface area contributed by atoms with Crippen LogP contribution >= 0.6 is 11.6 Å². The van der Waals surface area contributed by atoms with Crippen LogP contribution in [0, 0.1) is 0 Å². The van der Waals surface area contributed by atoms with Crippen molar-refractivity contribution in [2.75, 3.05) is 25.5 Å². The molecule has 0 spiro atoms. The van der Waals surface area contributed by atoms with E-state index in [1.807, 2.05) is 0 Å². The highest BCUT2D eigenvalue weighted by molar-refractivity contribution is 7.89. The van der Waals surface area contributed by atoms with E-state index in [1.54, 1.807) is 18.2 Å². The van der Waals surface area contributed by atoms with Crippen LogP contribution in [-0.2, 0) is 21.2 Å². The van der Waals surface area contributed by atoms with Crippen molar-refractivity contribution in [3.8, 4) is 5.75 Å². The molecule has 30 heavy (non-hydrogen) atoms. The molecule has 1 saturated heterocycles. The second-order valence-electron chi connectivity index (χ2n) is 7.06. The zero-order valence-corrected chi connectivity index (χ0v) is 18.3. The molecule has 7 nitrogen and oxygen atoms in total. The molecule has 0 aliphatic carbocycles. The van der Waals surface area contributed by atoms with Gasteiger partial charge in [0.25, 0.3) is 0 Å². The lowest BCUT2D eigenvalue weighted by Crippen LogP contribution is -2.28. The third-order valence-corrected chi connectivity index (χ3v) is 7.18. The Kier molecular flexibility index (Phi) is 6.80. The van der Waals surface area contributed by atoms with Crippen LogP contribution in [0.4, 0.5) is 5.69 Å². The van der Waals surface area contributed by atoms with Crippen molar-refractivity contribution < 1.29 is 22.7 Å². The van der Waals surface area contributed by atoms with Gasteiger partial charge in [-0.2, -0.15) is 4.31 Å². The number of hydrogen-bond acceptors (Lipinski definition) is 5. The molecule has 1 aliphatic heterocycles. The number of ether oxygens (including phenoxy) is 1. The first kappa shape index (κ1) is 22.3. The lowest BCUT2D eigenvalue weighted by Gasteiger charge is -2.17. The summed E-state index contributed by atoms with van der Waals surface area (Å²) < 4.78 is 32.3. The maximum atomic E-state index is 12.8. The largest absolute Gasteiger partial charge is 0.496 e. The van der Waals surface area contributed by atoms with E-state index in [0.29, 0.717) is 30.0 Å². The zero-order chi connectivity index (χ0) is 21.9. The number of carbonyl (C=O) groups excluding carboxylic acids is 2. The van der Waals surface area contributed by atoms with E-state index < -0.39 is 15.9 Å². The fraction of sp³-hybridized carbons (Fsp3) is 0.333. The molecule has 1 amide bonds. The number of halogens is 1. The van der Waals surface area contributed by atoms with Crippen LogP contribution in [0.1, 0.15) is 35.7 Å². The van der Waals surface area contributed by atoms with Crippen molar-refractivity contribution in [3.63, 3.8) is 0 Å². The van der Waals surface area contributed by atoms with Crippen LogP contribution in [0.25, 0.3) is 0 Å². The van der Waals surface area contributed by atoms with Crippen molar-refractivity contribution >= 4 is 39.0 Å². The summed E-state index contributed by atoms with van der Waals surface area (Å²) in [7, 11) is -2.15. The van der Waals surface area contributed by atoms with Gasteiger partial charge >= 0.3 is 0 Å². The van der Waals surface area contributed by atoms with Gasteiger partial charge in [-0.15, -0.1) is 0 Å². The number of hydrogen-bond donors (Lipinski definition) is 1. The predicted molar refractivity (Wildman–Crippen MR) is 115 cm³/mol. The van der Waals surface area contributed by atoms with Crippen LogP contribution in [0.2, 0.25) is 5.02 Å². The molecule has 160 valence electrons. The quantitative estimate of drug-likeness (QED) is 0.651. The van der Waals surface area contributed by atoms with Crippen molar-refractivity contribution in [1.29, 1.82) is 0 Å². The van der Waals surface area contributed by atoms with Gasteiger partial charge in [-0.25, -0.2) is 8.42 Å². The highest BCUT2D eigenvalue weighted by atomic mass is 35.5. The third kappa shape index (κ3) is 4.83. The Morgan fingerprint density at radius 2 is 1.83 bits per heavy atom. The second kappa shape index (κ2) is 9.16. The summed E-state index contributed by atoms with van der Waals surface area (Å²) in [6.45, 7) is 2.41. The van der Waals surface area contributed by atoms with Crippen LogP contribution < -0.4 is 10.1 Å². The minimum atomic E-state index is -3.63. The Hall–Kier alpha value is -2.42. The molecule has 0 bridgehead atoms. The van der Waals surface area contributed by atoms with E-state index in [1.165, 1.54) is 36.5 Å². The number of methoxy groups -OCH3 is 1. The van der Waals surface area contributed by atoms with E-state index in [0.717, 1.165) is 12.8 Å². The van der Waals surface area contributed by atoms with Crippen molar-refractivity contribution in [3.05, 3.63) is 52.5 Å². The van der Waals surface area contributed by atoms with Gasteiger partial charge in [-0.3, -0.25) is 9.59 Å². The lowest BCUT2D eigenvalue weighted by molar-refractivity contribution is -0.115. The highest BCUT2D eigenvalue weighted by Gasteiger charge is 2.27. The predicted octanol–water partition coefficient (Wildman–Crippen LogP) is 3.52. The van der Waals surface area contributed by atoms with E-state index in [-0.39, 0.29) is 27.8 Å². The molecule has 0 atom stereocenters. The molecule has 2 aromatic rings. The first-order valence-corrected chi connectivity index (χ1v) is 11.3. The number of amides is 1. The zero-order valence-electron chi connectivity index (χ0n) is 16.8. The highest BCUT2D eigenvalue weighted by Crippen LogP contribution is 2.29. The first-order chi connectivity index (χ1) is 14.2. The van der Waals surface area contributed by atoms with Crippen LogP contribution in [0.3, 0.4) is 0 Å². The number of benzene rings is 2. The summed E-state index contributed by atoms with van der Waals surface area (Å²) in [6, 6.07) is 9.14. The van der Waals surface area contributed by atoms with Crippen LogP contribution in [0.5, 0.6) is 5.75 Å². The molecule has 1 aliphatic rings. The Morgan fingerprint density at radius 1 is 1.13 bits per heavy atom. The Bertz CT molecular complexity index is 1080. The molecule has 9 heteroatoms. The fourth-order valence-corrected chi connectivity index (χ4v) is 5.05. The lowest BCUT2D eigenvalue weighted by atomic mass is 10.0. The molecule has 0 unspecified atom stereocenters. The topological polar surface area (TPSA) is 92.8 Å². The van der Waals surface area contributed by atoms with Gasteiger partial charge in [0.2, 0.25) is 15.9 Å². The molecule has 0 saturated carbocycles. The van der Waals surface area contributed by atoms with Gasteiger partial charge in [-0.05, 0) is 56.2 Å². The van der Waals surface area contributed by atoms with E-state index in [4.69, 9.17) is 16.3 Å². The Morgan fingerprint density at radius 3 is 2.47 bits per heavy atom. The summed E-state index contributed by atoms with van der Waals surface area (Å²) in [4.78, 5) is 24.4. The SMILES string of the molecule is COc1ccc(C(C)=O)cc1CC(=O)Nc1cc(S(=O)(=O)N2CCCC2)ccc1Cl. The van der Waals surface area contributed by atoms with Gasteiger partial charge in [-0.1, -0.05) is 11.6 Å². The third-order valence-electron chi connectivity index (χ3n) is 4.95. The smallest absolute Gasteiger partial charge is 0.243 e. The second-order valence-corrected chi connectivity index (χ2v) is 9.41. The molecule has 0 radical (unpaired) electrons. The van der Waals surface area contributed by atoms with Crippen LogP contribution in [0.15, 0.2) is 41.3 Å². The fourth-order valence-electron chi connectivity index (χ4n) is 3.34. The Labute approximate surface area is 181 Å². The molecule has 1 heterocycles. The number of anilines is 1. The molecule has 0 aromatic heterocycles. The summed E-state index contributed by atoms with van der Waals surface area (Å²) in [5.41, 5.74) is 1.22.